The van der Waals surface area contributed by atoms with Gasteiger partial charge in [-0.25, -0.2) is 4.79 Å². The molecule has 0 radical (unpaired) electrons. The number of amides is 3. The van der Waals surface area contributed by atoms with E-state index in [2.05, 4.69) is 10.1 Å². The Labute approximate surface area is 169 Å². The molecule has 1 heterocycles. The number of urea groups is 1. The van der Waals surface area contributed by atoms with Crippen LogP contribution in [0.4, 0.5) is 4.79 Å². The zero-order valence-corrected chi connectivity index (χ0v) is 16.5. The molecule has 6 N–H and O–H groups in total. The van der Waals surface area contributed by atoms with E-state index in [9.17, 15) is 14.4 Å². The van der Waals surface area contributed by atoms with Gasteiger partial charge in [-0.3, -0.25) is 19.9 Å². The number of nitrogens with zero attached hydrogens (tertiary/aromatic N) is 2. The van der Waals surface area contributed by atoms with Crippen LogP contribution in [-0.2, 0) is 27.3 Å². The summed E-state index contributed by atoms with van der Waals surface area (Å²) in [6.07, 6.45) is 0.631. The molecule has 1 aromatic rings. The highest BCUT2D eigenvalue weighted by Crippen LogP contribution is 2.13. The molecule has 0 spiro atoms. The molecular formula is C19H26N6O4. The van der Waals surface area contributed by atoms with Crippen molar-refractivity contribution in [2.24, 2.45) is 11.5 Å². The van der Waals surface area contributed by atoms with E-state index in [1.807, 2.05) is 24.3 Å². The number of rotatable bonds is 8. The van der Waals surface area contributed by atoms with Gasteiger partial charge in [-0.15, -0.1) is 0 Å². The average molecular weight is 402 g/mol. The highest BCUT2D eigenvalue weighted by atomic mass is 16.5. The monoisotopic (exact) mass is 402 g/mol. The van der Waals surface area contributed by atoms with Gasteiger partial charge in [0.25, 0.3) is 0 Å². The highest BCUT2D eigenvalue weighted by Gasteiger charge is 2.31. The molecule has 0 saturated carbocycles. The fraction of sp³-hybridized carbons (Fsp3) is 0.368. The van der Waals surface area contributed by atoms with Crippen LogP contribution in [0.2, 0.25) is 0 Å². The van der Waals surface area contributed by atoms with Gasteiger partial charge in [0.1, 0.15) is 11.5 Å². The number of carbonyl (C=O) groups excluding carboxylic acids is 3. The Kier molecular flexibility index (Phi) is 7.18. The third kappa shape index (κ3) is 5.71. The molecule has 1 aliphatic heterocycles. The number of ether oxygens (including phenoxy) is 1. The number of esters is 1. The average Bonchev–Trinajstić information content (AvgIpc) is 2.95. The molecule has 1 saturated heterocycles. The van der Waals surface area contributed by atoms with E-state index in [0.717, 1.165) is 11.1 Å². The van der Waals surface area contributed by atoms with E-state index in [-0.39, 0.29) is 42.2 Å². The number of carbonyl (C=O) groups is 3. The molecule has 0 unspecified atom stereocenters. The lowest BCUT2D eigenvalue weighted by molar-refractivity contribution is -0.139. The third-order valence-corrected chi connectivity index (χ3v) is 4.47. The fourth-order valence-corrected chi connectivity index (χ4v) is 2.96. The maximum absolute atomic E-state index is 12.0. The topological polar surface area (TPSA) is 155 Å². The lowest BCUT2D eigenvalue weighted by Crippen LogP contribution is -2.35. The van der Waals surface area contributed by atoms with Crippen molar-refractivity contribution in [2.45, 2.75) is 26.3 Å². The minimum absolute atomic E-state index is 0.0834. The van der Waals surface area contributed by atoms with Gasteiger partial charge in [0, 0.05) is 26.6 Å². The van der Waals surface area contributed by atoms with Gasteiger partial charge in [-0.2, -0.15) is 0 Å². The lowest BCUT2D eigenvalue weighted by Gasteiger charge is -2.23. The summed E-state index contributed by atoms with van der Waals surface area (Å²) >= 11 is 0. The molecule has 2 rings (SSSR count). The molecular weight excluding hydrogens is 376 g/mol. The summed E-state index contributed by atoms with van der Waals surface area (Å²) in [6, 6.07) is 6.92. The molecule has 10 heteroatoms. The van der Waals surface area contributed by atoms with Gasteiger partial charge in [0.2, 0.25) is 5.91 Å². The Hall–Kier alpha value is -3.56. The number of hydrogen-bond acceptors (Lipinski definition) is 7. The van der Waals surface area contributed by atoms with E-state index >= 15 is 0 Å². The van der Waals surface area contributed by atoms with Crippen molar-refractivity contribution < 1.29 is 19.1 Å². The number of nitrogens with two attached hydrogens (primary N) is 2. The van der Waals surface area contributed by atoms with Crippen LogP contribution in [0.1, 0.15) is 24.5 Å². The predicted octanol–water partition coefficient (Wildman–Crippen LogP) is 0.230. The van der Waals surface area contributed by atoms with Crippen LogP contribution in [0.15, 0.2) is 35.8 Å². The maximum Gasteiger partial charge on any atom is 0.327 e. The SMILES string of the molecule is COC(=O)Cc1cccc(CN(CCCN2C(=N)C(=C(N)N)NC2=O)C(C)=O)c1. The first-order chi connectivity index (χ1) is 13.7. The van der Waals surface area contributed by atoms with Crippen LogP contribution >= 0.6 is 0 Å². The minimum atomic E-state index is -0.469. The molecule has 1 aromatic carbocycles. The first kappa shape index (κ1) is 21.7. The Balaban J connectivity index is 1.96. The standard InChI is InChI=1S/C19H26N6O4/c1-12(26)24(11-14-6-3-5-13(9-14)10-15(27)29-2)7-4-8-25-18(22)16(17(20)21)23-19(25)28/h3,5-6,9,22H,4,7-8,10-11,20-21H2,1-2H3,(H,23,28). The van der Waals surface area contributed by atoms with Gasteiger partial charge in [0.05, 0.1) is 13.5 Å². The predicted molar refractivity (Wildman–Crippen MR) is 106 cm³/mol. The van der Waals surface area contributed by atoms with Gasteiger partial charge in [-0.05, 0) is 17.5 Å². The summed E-state index contributed by atoms with van der Waals surface area (Å²) in [5.74, 6) is -0.650. The quantitative estimate of drug-likeness (QED) is 0.456. The Morgan fingerprint density at radius 3 is 2.55 bits per heavy atom. The zero-order chi connectivity index (χ0) is 21.6. The maximum atomic E-state index is 12.0. The number of amidine groups is 1. The van der Waals surface area contributed by atoms with Gasteiger partial charge in [-0.1, -0.05) is 24.3 Å². The summed E-state index contributed by atoms with van der Waals surface area (Å²) in [6.45, 7) is 2.48. The number of methoxy groups -OCH3 is 1. The highest BCUT2D eigenvalue weighted by molar-refractivity contribution is 6.13. The summed E-state index contributed by atoms with van der Waals surface area (Å²) in [4.78, 5) is 38.3. The van der Waals surface area contributed by atoms with Crippen molar-refractivity contribution in [3.05, 3.63) is 46.9 Å². The van der Waals surface area contributed by atoms with E-state index < -0.39 is 6.03 Å². The van der Waals surface area contributed by atoms with E-state index in [1.165, 1.54) is 18.9 Å². The fourth-order valence-electron chi connectivity index (χ4n) is 2.96. The second kappa shape index (κ2) is 9.58. The first-order valence-electron chi connectivity index (χ1n) is 9.05. The molecule has 3 amide bonds. The van der Waals surface area contributed by atoms with Crippen LogP contribution < -0.4 is 16.8 Å². The third-order valence-electron chi connectivity index (χ3n) is 4.47. The zero-order valence-electron chi connectivity index (χ0n) is 16.5. The molecule has 1 fully saturated rings. The van der Waals surface area contributed by atoms with Crippen molar-refractivity contribution in [1.29, 1.82) is 5.41 Å². The second-order valence-corrected chi connectivity index (χ2v) is 6.63. The minimum Gasteiger partial charge on any atom is -0.469 e. The molecule has 0 aromatic heterocycles. The molecule has 0 bridgehead atoms. The lowest BCUT2D eigenvalue weighted by atomic mass is 10.1. The number of benzene rings is 1. The molecule has 0 atom stereocenters. The normalized spacial score (nSPS) is 13.3. The Bertz CT molecular complexity index is 847. The summed E-state index contributed by atoms with van der Waals surface area (Å²) < 4.78 is 4.68. The van der Waals surface area contributed by atoms with Crippen LogP contribution in [-0.4, -0.2) is 53.7 Å². The van der Waals surface area contributed by atoms with Crippen LogP contribution in [0.25, 0.3) is 0 Å². The summed E-state index contributed by atoms with van der Waals surface area (Å²) in [7, 11) is 1.34. The van der Waals surface area contributed by atoms with Gasteiger partial charge >= 0.3 is 12.0 Å². The van der Waals surface area contributed by atoms with Crippen molar-refractivity contribution >= 4 is 23.7 Å². The van der Waals surface area contributed by atoms with E-state index in [0.29, 0.717) is 19.5 Å². The van der Waals surface area contributed by atoms with Gasteiger partial charge < -0.3 is 26.4 Å². The first-order valence-corrected chi connectivity index (χ1v) is 9.05. The van der Waals surface area contributed by atoms with Crippen LogP contribution in [0.3, 0.4) is 0 Å². The smallest absolute Gasteiger partial charge is 0.327 e. The number of hydrogen-bond donors (Lipinski definition) is 4. The van der Waals surface area contributed by atoms with E-state index in [4.69, 9.17) is 16.9 Å². The van der Waals surface area contributed by atoms with Crippen LogP contribution in [0, 0.1) is 5.41 Å². The second-order valence-electron chi connectivity index (χ2n) is 6.63. The van der Waals surface area contributed by atoms with Crippen molar-refractivity contribution in [1.82, 2.24) is 15.1 Å². The Morgan fingerprint density at radius 1 is 1.28 bits per heavy atom. The molecule has 29 heavy (non-hydrogen) atoms. The van der Waals surface area contributed by atoms with Crippen molar-refractivity contribution in [2.75, 3.05) is 20.2 Å². The summed E-state index contributed by atoms with van der Waals surface area (Å²) in [5, 5.41) is 10.4. The molecule has 10 nitrogen and oxygen atoms in total. The number of nitrogens with one attached hydrogen (secondary N) is 2. The van der Waals surface area contributed by atoms with Gasteiger partial charge in [0.15, 0.2) is 5.84 Å². The molecule has 1 aliphatic rings. The molecule has 156 valence electrons. The van der Waals surface area contributed by atoms with Crippen molar-refractivity contribution in [3.63, 3.8) is 0 Å². The van der Waals surface area contributed by atoms with E-state index in [1.54, 1.807) is 4.90 Å². The Morgan fingerprint density at radius 2 is 1.97 bits per heavy atom. The largest absolute Gasteiger partial charge is 0.469 e. The van der Waals surface area contributed by atoms with Crippen molar-refractivity contribution in [3.8, 4) is 0 Å². The molecule has 0 aliphatic carbocycles. The van der Waals surface area contributed by atoms with Crippen LogP contribution in [0.5, 0.6) is 0 Å². The summed E-state index contributed by atoms with van der Waals surface area (Å²) in [5.41, 5.74) is 12.7.